The molecule has 2 fully saturated rings. The van der Waals surface area contributed by atoms with E-state index in [1.165, 1.54) is 83.8 Å². The predicted octanol–water partition coefficient (Wildman–Crippen LogP) is 0.571. The quantitative estimate of drug-likeness (QED) is 0.180. The van der Waals surface area contributed by atoms with Crippen LogP contribution >= 0.6 is 0 Å². The van der Waals surface area contributed by atoms with Gasteiger partial charge in [0.1, 0.15) is 46.4 Å². The van der Waals surface area contributed by atoms with Crippen molar-refractivity contribution in [2.24, 2.45) is 0 Å². The fourth-order valence-corrected chi connectivity index (χ4v) is 5.33. The third-order valence-electron chi connectivity index (χ3n) is 5.94. The molecule has 224 valence electrons. The molecule has 2 aliphatic heterocycles. The van der Waals surface area contributed by atoms with Gasteiger partial charge in [0.15, 0.2) is 0 Å². The number of nitrogens with one attached hydrogen (secondary N) is 3. The normalized spacial score (nSPS) is 15.6. The van der Waals surface area contributed by atoms with E-state index in [9.17, 15) is 40.8 Å². The molecule has 4 rings (SSSR count). The number of carbonyl (C=O) groups is 1. The van der Waals surface area contributed by atoms with Crippen LogP contribution in [-0.4, -0.2) is 63.0 Å². The summed E-state index contributed by atoms with van der Waals surface area (Å²) in [5.41, 5.74) is -0.978. The number of hydrogen-bond acceptors (Lipinski definition) is 11. The summed E-state index contributed by atoms with van der Waals surface area (Å²) in [7, 11) is -10.1. The summed E-state index contributed by atoms with van der Waals surface area (Å²) in [6, 6.07) is 5.94. The van der Waals surface area contributed by atoms with Crippen LogP contribution in [0.1, 0.15) is 56.6 Å². The molecule has 2 aromatic carbocycles. The Morgan fingerprint density at radius 1 is 0.780 bits per heavy atom. The van der Waals surface area contributed by atoms with E-state index in [2.05, 4.69) is 16.0 Å². The maximum Gasteiger partial charge on any atom is 0.270 e. The second-order valence-electron chi connectivity index (χ2n) is 9.28. The second-order valence-corrected chi connectivity index (χ2v) is 12.0. The zero-order chi connectivity index (χ0) is 30.5. The van der Waals surface area contributed by atoms with Gasteiger partial charge in [0.05, 0.1) is 14.7 Å². The van der Waals surface area contributed by atoms with Gasteiger partial charge in [-0.2, -0.15) is 10.6 Å². The van der Waals surface area contributed by atoms with Gasteiger partial charge in [-0.15, -0.1) is 0 Å². The Hall–Kier alpha value is -3.21. The third-order valence-corrected chi connectivity index (χ3v) is 7.72. The molecular formula is C26H34N4O9S2. The topological polar surface area (TPSA) is 218 Å². The molecule has 0 atom stereocenters. The highest BCUT2D eigenvalue weighted by Gasteiger charge is 2.15. The van der Waals surface area contributed by atoms with E-state index >= 15 is 0 Å². The van der Waals surface area contributed by atoms with Crippen LogP contribution in [-0.2, 0) is 25.0 Å². The summed E-state index contributed by atoms with van der Waals surface area (Å²) < 4.78 is 68.8. The van der Waals surface area contributed by atoms with E-state index in [1.54, 1.807) is 0 Å². The summed E-state index contributed by atoms with van der Waals surface area (Å²) in [5, 5.41) is 19.7. The van der Waals surface area contributed by atoms with Crippen LogP contribution < -0.4 is 16.0 Å². The third kappa shape index (κ3) is 12.5. The van der Waals surface area contributed by atoms with E-state index in [-0.39, 0.29) is 16.8 Å². The molecule has 0 unspecified atom stereocenters. The number of carbonyl (C=O) groups excluding carboxylic acids is 1. The van der Waals surface area contributed by atoms with Gasteiger partial charge in [-0.3, -0.25) is 14.9 Å². The van der Waals surface area contributed by atoms with Gasteiger partial charge in [-0.25, -0.2) is 16.8 Å². The van der Waals surface area contributed by atoms with Gasteiger partial charge in [0.2, 0.25) is 5.91 Å². The Bertz CT molecular complexity index is 1400. The minimum Gasteiger partial charge on any atom is -0.744 e. The SMILES string of the molecule is C1CC[NH+]CC1.C1CC[NH+]CC1.CC(=O)Nc1ccc(/C=C/c2ccc([N+](=O)[O-])cc2S(=O)(=O)[O-])c(S(=O)(=O)[O-])c1. The Morgan fingerprint density at radius 3 is 1.56 bits per heavy atom. The summed E-state index contributed by atoms with van der Waals surface area (Å²) in [6.07, 6.45) is 10.5. The van der Waals surface area contributed by atoms with E-state index in [0.717, 1.165) is 30.4 Å². The number of non-ortho nitro benzene ring substituents is 1. The maximum absolute atomic E-state index is 11.5. The first-order valence-corrected chi connectivity index (χ1v) is 15.8. The standard InChI is InChI=1S/C16H14N2O9S2.2C5H11N/c1-10(19)17-13-6-4-11(15(8-13)28(22,23)24)2-3-12-5-7-14(18(20)21)9-16(12)29(25,26)27;2*1-2-4-6-5-3-1/h2-9H,1H3,(H,17,19)(H,22,23,24)(H,25,26,27);2*6H,1-5H2/q;2*+1/p-2/b3-2+;;. The van der Waals surface area contributed by atoms with Crippen molar-refractivity contribution in [2.75, 3.05) is 31.5 Å². The lowest BCUT2D eigenvalue weighted by Crippen LogP contribution is -2.85. The van der Waals surface area contributed by atoms with Crippen molar-refractivity contribution in [2.45, 2.75) is 55.2 Å². The molecule has 0 bridgehead atoms. The van der Waals surface area contributed by atoms with Crippen molar-refractivity contribution in [1.82, 2.24) is 0 Å². The number of rotatable bonds is 6. The average molecular weight is 611 g/mol. The average Bonchev–Trinajstić information content (AvgIpc) is 2.93. The Morgan fingerprint density at radius 2 is 1.22 bits per heavy atom. The second kappa shape index (κ2) is 16.3. The van der Waals surface area contributed by atoms with Crippen LogP contribution in [0.2, 0.25) is 0 Å². The summed E-state index contributed by atoms with van der Waals surface area (Å²) in [4.78, 5) is 19.4. The molecule has 2 saturated heterocycles. The van der Waals surface area contributed by atoms with Crippen LogP contribution in [0.3, 0.4) is 0 Å². The highest BCUT2D eigenvalue weighted by atomic mass is 32.2. The smallest absolute Gasteiger partial charge is 0.270 e. The van der Waals surface area contributed by atoms with E-state index in [4.69, 9.17) is 0 Å². The number of nitro groups is 1. The van der Waals surface area contributed by atoms with Crippen LogP contribution in [0, 0.1) is 10.1 Å². The van der Waals surface area contributed by atoms with Gasteiger partial charge in [-0.1, -0.05) is 18.2 Å². The lowest BCUT2D eigenvalue weighted by atomic mass is 10.1. The first-order valence-electron chi connectivity index (χ1n) is 13.0. The van der Waals surface area contributed by atoms with Gasteiger partial charge >= 0.3 is 0 Å². The number of nitrogens with zero attached hydrogens (tertiary/aromatic N) is 1. The van der Waals surface area contributed by atoms with E-state index < -0.39 is 46.5 Å². The Labute approximate surface area is 240 Å². The molecule has 13 nitrogen and oxygen atoms in total. The Balaban J connectivity index is 0.000000398. The molecule has 2 aliphatic rings. The summed E-state index contributed by atoms with van der Waals surface area (Å²) >= 11 is 0. The fraction of sp³-hybridized carbons (Fsp3) is 0.423. The monoisotopic (exact) mass is 610 g/mol. The van der Waals surface area contributed by atoms with Crippen LogP contribution in [0.4, 0.5) is 11.4 Å². The van der Waals surface area contributed by atoms with Gasteiger partial charge in [0.25, 0.3) is 5.69 Å². The first kappa shape index (κ1) is 34.0. The molecule has 41 heavy (non-hydrogen) atoms. The highest BCUT2D eigenvalue weighted by molar-refractivity contribution is 7.86. The van der Waals surface area contributed by atoms with Crippen LogP contribution in [0.15, 0.2) is 46.2 Å². The number of piperidine rings is 2. The zero-order valence-corrected chi connectivity index (χ0v) is 24.3. The summed E-state index contributed by atoms with van der Waals surface area (Å²) in [6.45, 7) is 6.18. The number of nitro benzene ring substituents is 1. The maximum atomic E-state index is 11.5. The van der Waals surface area contributed by atoms with E-state index in [0.29, 0.717) is 6.07 Å². The number of benzene rings is 2. The molecule has 0 aliphatic carbocycles. The molecule has 0 spiro atoms. The largest absolute Gasteiger partial charge is 0.744 e. The molecule has 1 amide bonds. The molecule has 2 aromatic rings. The van der Waals surface area contributed by atoms with Gasteiger partial charge in [0, 0.05) is 50.4 Å². The summed E-state index contributed by atoms with van der Waals surface area (Å²) in [5.74, 6) is -0.501. The zero-order valence-electron chi connectivity index (χ0n) is 22.6. The van der Waals surface area contributed by atoms with Crippen molar-refractivity contribution in [3.8, 4) is 0 Å². The number of anilines is 1. The van der Waals surface area contributed by atoms with Crippen LogP contribution in [0.5, 0.6) is 0 Å². The van der Waals surface area contributed by atoms with Crippen molar-refractivity contribution in [1.29, 1.82) is 0 Å². The predicted molar refractivity (Wildman–Crippen MR) is 148 cm³/mol. The molecule has 2 heterocycles. The molecule has 0 saturated carbocycles. The molecule has 0 aromatic heterocycles. The fourth-order valence-electron chi connectivity index (χ4n) is 3.94. The molecule has 2 radical (unpaired) electrons. The van der Waals surface area contributed by atoms with Crippen molar-refractivity contribution >= 4 is 49.7 Å². The van der Waals surface area contributed by atoms with E-state index in [1.807, 2.05) is 0 Å². The first-order chi connectivity index (χ1) is 19.3. The molecule has 3 N–H and O–H groups in total. The molecular weight excluding hydrogens is 576 g/mol. The van der Waals surface area contributed by atoms with Crippen molar-refractivity contribution < 1.29 is 46.3 Å². The lowest BCUT2D eigenvalue weighted by molar-refractivity contribution is -0.662. The Kier molecular flexibility index (Phi) is 13.5. The molecule has 15 heteroatoms. The number of amides is 1. The van der Waals surface area contributed by atoms with Gasteiger partial charge < -0.3 is 14.4 Å². The minimum absolute atomic E-state index is 0.0437. The minimum atomic E-state index is -5.09. The van der Waals surface area contributed by atoms with Crippen molar-refractivity contribution in [3.63, 3.8) is 0 Å². The number of hydrogen-bond donors (Lipinski definition) is 3. The lowest BCUT2D eigenvalue weighted by Gasteiger charge is -2.13. The highest BCUT2D eigenvalue weighted by Crippen LogP contribution is 2.26. The van der Waals surface area contributed by atoms with Crippen LogP contribution in [0.25, 0.3) is 12.2 Å². The van der Waals surface area contributed by atoms with Crippen molar-refractivity contribution in [3.05, 3.63) is 57.6 Å². The van der Waals surface area contributed by atoms with Gasteiger partial charge in [-0.05, 0) is 42.2 Å².